The van der Waals surface area contributed by atoms with Crippen LogP contribution in [0.2, 0.25) is 0 Å². The van der Waals surface area contributed by atoms with Gasteiger partial charge in [-0.05, 0) is 35.7 Å². The van der Waals surface area contributed by atoms with E-state index in [4.69, 9.17) is 4.74 Å². The number of pyridine rings is 1. The number of aryl methyl sites for hydroxylation is 1. The molecule has 19 heavy (non-hydrogen) atoms. The molecule has 3 heteroatoms. The normalized spacial score (nSPS) is 13.1. The Bertz CT molecular complexity index is 563. The fourth-order valence-electron chi connectivity index (χ4n) is 2.30. The highest BCUT2D eigenvalue weighted by Crippen LogP contribution is 2.25. The molecule has 0 fully saturated rings. The van der Waals surface area contributed by atoms with Crippen LogP contribution in [0.5, 0.6) is 5.75 Å². The molecule has 2 heterocycles. The van der Waals surface area contributed by atoms with Crippen LogP contribution in [-0.4, -0.2) is 11.6 Å². The Morgan fingerprint density at radius 3 is 2.84 bits per heavy atom. The van der Waals surface area contributed by atoms with Crippen molar-refractivity contribution >= 4 is 0 Å². The van der Waals surface area contributed by atoms with Crippen LogP contribution in [-0.2, 0) is 19.5 Å². The molecular formula is C16H18N2O. The van der Waals surface area contributed by atoms with E-state index in [-0.39, 0.29) is 0 Å². The second-order valence-electron chi connectivity index (χ2n) is 4.95. The molecule has 1 aromatic carbocycles. The number of hydrogen-bond donors (Lipinski definition) is 1. The van der Waals surface area contributed by atoms with E-state index in [1.807, 2.05) is 19.2 Å². The summed E-state index contributed by atoms with van der Waals surface area (Å²) in [7, 11) is 0. The molecule has 1 N–H and O–H groups in total. The smallest absolute Gasteiger partial charge is 0.122 e. The molecule has 1 aliphatic heterocycles. The van der Waals surface area contributed by atoms with Gasteiger partial charge in [0.1, 0.15) is 5.75 Å². The first-order chi connectivity index (χ1) is 9.31. The molecule has 0 atom stereocenters. The number of rotatable bonds is 4. The minimum absolute atomic E-state index is 0.821. The molecule has 0 saturated heterocycles. The number of hydrogen-bond acceptors (Lipinski definition) is 3. The van der Waals surface area contributed by atoms with Crippen LogP contribution < -0.4 is 10.1 Å². The molecule has 0 spiro atoms. The Hall–Kier alpha value is -1.87. The van der Waals surface area contributed by atoms with Crippen molar-refractivity contribution in [3.05, 3.63) is 58.9 Å². The third-order valence-electron chi connectivity index (χ3n) is 3.38. The molecule has 2 aromatic rings. The SMILES string of the molecule is Cc1ccc(CNCc2ccc3c(c2)CCO3)cn1. The molecule has 98 valence electrons. The van der Waals surface area contributed by atoms with Gasteiger partial charge in [0.05, 0.1) is 6.61 Å². The molecule has 0 bridgehead atoms. The summed E-state index contributed by atoms with van der Waals surface area (Å²) in [5.41, 5.74) is 4.91. The van der Waals surface area contributed by atoms with E-state index in [0.717, 1.165) is 37.6 Å². The molecule has 3 nitrogen and oxygen atoms in total. The van der Waals surface area contributed by atoms with Crippen molar-refractivity contribution in [2.45, 2.75) is 26.4 Å². The minimum atomic E-state index is 0.821. The third kappa shape index (κ3) is 2.93. The molecule has 3 rings (SSSR count). The lowest BCUT2D eigenvalue weighted by atomic mass is 10.1. The van der Waals surface area contributed by atoms with E-state index in [0.29, 0.717) is 0 Å². The van der Waals surface area contributed by atoms with E-state index >= 15 is 0 Å². The Balaban J connectivity index is 1.56. The minimum Gasteiger partial charge on any atom is -0.493 e. The molecule has 0 aliphatic carbocycles. The number of nitrogens with zero attached hydrogens (tertiary/aromatic N) is 1. The topological polar surface area (TPSA) is 34.1 Å². The maximum absolute atomic E-state index is 5.51. The average Bonchev–Trinajstić information content (AvgIpc) is 2.88. The van der Waals surface area contributed by atoms with Crippen molar-refractivity contribution in [1.29, 1.82) is 0 Å². The lowest BCUT2D eigenvalue weighted by molar-refractivity contribution is 0.357. The van der Waals surface area contributed by atoms with Gasteiger partial charge in [-0.2, -0.15) is 0 Å². The van der Waals surface area contributed by atoms with Crippen LogP contribution in [0.3, 0.4) is 0 Å². The summed E-state index contributed by atoms with van der Waals surface area (Å²) < 4.78 is 5.51. The van der Waals surface area contributed by atoms with E-state index in [1.165, 1.54) is 16.7 Å². The number of benzene rings is 1. The summed E-state index contributed by atoms with van der Waals surface area (Å²) in [6, 6.07) is 10.6. The van der Waals surface area contributed by atoms with Gasteiger partial charge in [0, 0.05) is 31.4 Å². The van der Waals surface area contributed by atoms with Gasteiger partial charge < -0.3 is 10.1 Å². The quantitative estimate of drug-likeness (QED) is 0.910. The zero-order chi connectivity index (χ0) is 13.1. The van der Waals surface area contributed by atoms with E-state index < -0.39 is 0 Å². The standard InChI is InChI=1S/C16H18N2O/c1-12-2-3-14(11-18-12)10-17-9-13-4-5-16-15(8-13)6-7-19-16/h2-5,8,11,17H,6-7,9-10H2,1H3. The number of ether oxygens (including phenoxy) is 1. The second kappa shape index (κ2) is 5.41. The largest absolute Gasteiger partial charge is 0.493 e. The fraction of sp³-hybridized carbons (Fsp3) is 0.312. The van der Waals surface area contributed by atoms with Crippen LogP contribution in [0, 0.1) is 6.92 Å². The van der Waals surface area contributed by atoms with Gasteiger partial charge in [-0.25, -0.2) is 0 Å². The van der Waals surface area contributed by atoms with Gasteiger partial charge >= 0.3 is 0 Å². The van der Waals surface area contributed by atoms with Gasteiger partial charge in [-0.15, -0.1) is 0 Å². The Morgan fingerprint density at radius 2 is 2.00 bits per heavy atom. The first kappa shape index (κ1) is 12.2. The number of fused-ring (bicyclic) bond motifs is 1. The first-order valence-corrected chi connectivity index (χ1v) is 6.68. The van der Waals surface area contributed by atoms with Crippen molar-refractivity contribution < 1.29 is 4.74 Å². The van der Waals surface area contributed by atoms with Crippen molar-refractivity contribution in [1.82, 2.24) is 10.3 Å². The Labute approximate surface area is 113 Å². The van der Waals surface area contributed by atoms with Crippen LogP contribution in [0.1, 0.15) is 22.4 Å². The van der Waals surface area contributed by atoms with Crippen LogP contribution in [0.4, 0.5) is 0 Å². The number of nitrogens with one attached hydrogen (secondary N) is 1. The second-order valence-corrected chi connectivity index (χ2v) is 4.95. The van der Waals surface area contributed by atoms with Crippen LogP contribution in [0.25, 0.3) is 0 Å². The van der Waals surface area contributed by atoms with Crippen molar-refractivity contribution in [3.63, 3.8) is 0 Å². The highest BCUT2D eigenvalue weighted by Gasteiger charge is 2.11. The fourth-order valence-corrected chi connectivity index (χ4v) is 2.30. The van der Waals surface area contributed by atoms with Gasteiger partial charge in [0.2, 0.25) is 0 Å². The number of aromatic nitrogens is 1. The van der Waals surface area contributed by atoms with Crippen molar-refractivity contribution in [2.75, 3.05) is 6.61 Å². The predicted molar refractivity (Wildman–Crippen MR) is 75.2 cm³/mol. The summed E-state index contributed by atoms with van der Waals surface area (Å²) in [5.74, 6) is 1.05. The maximum Gasteiger partial charge on any atom is 0.122 e. The van der Waals surface area contributed by atoms with Crippen LogP contribution in [0.15, 0.2) is 36.5 Å². The molecule has 0 saturated carbocycles. The van der Waals surface area contributed by atoms with Gasteiger partial charge in [-0.3, -0.25) is 4.98 Å². The zero-order valence-electron chi connectivity index (χ0n) is 11.1. The van der Waals surface area contributed by atoms with Gasteiger partial charge in [-0.1, -0.05) is 18.2 Å². The van der Waals surface area contributed by atoms with E-state index in [1.54, 1.807) is 0 Å². The summed E-state index contributed by atoms with van der Waals surface area (Å²) in [5, 5.41) is 3.45. The van der Waals surface area contributed by atoms with Gasteiger partial charge in [0.15, 0.2) is 0 Å². The van der Waals surface area contributed by atoms with E-state index in [9.17, 15) is 0 Å². The third-order valence-corrected chi connectivity index (χ3v) is 3.38. The van der Waals surface area contributed by atoms with E-state index in [2.05, 4.69) is 34.6 Å². The lowest BCUT2D eigenvalue weighted by Gasteiger charge is -2.07. The summed E-state index contributed by atoms with van der Waals surface area (Å²) >= 11 is 0. The zero-order valence-corrected chi connectivity index (χ0v) is 11.1. The average molecular weight is 254 g/mol. The van der Waals surface area contributed by atoms with Crippen LogP contribution >= 0.6 is 0 Å². The maximum atomic E-state index is 5.51. The summed E-state index contributed by atoms with van der Waals surface area (Å²) in [4.78, 5) is 4.30. The van der Waals surface area contributed by atoms with Crippen molar-refractivity contribution in [3.8, 4) is 5.75 Å². The molecule has 1 aliphatic rings. The highest BCUT2D eigenvalue weighted by molar-refractivity contribution is 5.39. The Morgan fingerprint density at radius 1 is 1.16 bits per heavy atom. The van der Waals surface area contributed by atoms with Gasteiger partial charge in [0.25, 0.3) is 0 Å². The molecule has 0 radical (unpaired) electrons. The predicted octanol–water partition coefficient (Wildman–Crippen LogP) is 2.61. The summed E-state index contributed by atoms with van der Waals surface area (Å²) in [6.07, 6.45) is 2.96. The molecule has 0 amide bonds. The lowest BCUT2D eigenvalue weighted by Crippen LogP contribution is -2.12. The molecular weight excluding hydrogens is 236 g/mol. The highest BCUT2D eigenvalue weighted by atomic mass is 16.5. The first-order valence-electron chi connectivity index (χ1n) is 6.68. The molecule has 1 aromatic heterocycles. The van der Waals surface area contributed by atoms with Crippen molar-refractivity contribution in [2.24, 2.45) is 0 Å². The summed E-state index contributed by atoms with van der Waals surface area (Å²) in [6.45, 7) is 4.55. The molecule has 0 unspecified atom stereocenters. The monoisotopic (exact) mass is 254 g/mol. The Kier molecular flexibility index (Phi) is 3.47.